The number of nitrogens with zero attached hydrogens (tertiary/aromatic N) is 2. The van der Waals surface area contributed by atoms with E-state index in [0.717, 1.165) is 11.8 Å². The van der Waals surface area contributed by atoms with Crippen molar-refractivity contribution in [2.24, 2.45) is 7.05 Å². The minimum absolute atomic E-state index is 0.0300. The lowest BCUT2D eigenvalue weighted by Gasteiger charge is -2.39. The van der Waals surface area contributed by atoms with Crippen LogP contribution in [-0.4, -0.2) is 34.5 Å². The fraction of sp³-hybridized carbons (Fsp3) is 0.353. The zero-order valence-corrected chi connectivity index (χ0v) is 15.6. The monoisotopic (exact) mass is 416 g/mol. The number of cyclic esters (lactones) is 1. The van der Waals surface area contributed by atoms with Crippen molar-refractivity contribution < 1.29 is 27.5 Å². The number of aryl methyl sites for hydroxylation is 2. The largest absolute Gasteiger partial charge is 0.434 e. The molecule has 0 saturated carbocycles. The summed E-state index contributed by atoms with van der Waals surface area (Å²) in [6.07, 6.45) is -6.50. The lowest BCUT2D eigenvalue weighted by atomic mass is 9.89. The van der Waals surface area contributed by atoms with E-state index in [9.17, 15) is 22.8 Å². The van der Waals surface area contributed by atoms with Gasteiger partial charge in [0.2, 0.25) is 5.91 Å². The number of nitrogens with one attached hydrogen (secondary N) is 2. The van der Waals surface area contributed by atoms with Gasteiger partial charge in [-0.25, -0.2) is 4.79 Å². The van der Waals surface area contributed by atoms with Crippen LogP contribution in [0.5, 0.6) is 0 Å². The fourth-order valence-electron chi connectivity index (χ4n) is 2.92. The Morgan fingerprint density at radius 3 is 2.71 bits per heavy atom. The molecule has 28 heavy (non-hydrogen) atoms. The Bertz CT molecular complexity index is 925. The zero-order valence-electron chi connectivity index (χ0n) is 14.9. The first kappa shape index (κ1) is 20.0. The van der Waals surface area contributed by atoms with Crippen LogP contribution in [-0.2, 0) is 28.6 Å². The summed E-state index contributed by atoms with van der Waals surface area (Å²) < 4.78 is 48.2. The topological polar surface area (TPSA) is 85.2 Å². The van der Waals surface area contributed by atoms with Gasteiger partial charge in [-0.3, -0.25) is 14.8 Å². The van der Waals surface area contributed by atoms with Gasteiger partial charge in [-0.05, 0) is 31.2 Å². The summed E-state index contributed by atoms with van der Waals surface area (Å²) in [7, 11) is 1.69. The number of carbonyl (C=O) groups is 2. The van der Waals surface area contributed by atoms with E-state index < -0.39 is 30.3 Å². The summed E-state index contributed by atoms with van der Waals surface area (Å²) >= 11 is 5.84. The van der Waals surface area contributed by atoms with Gasteiger partial charge in [0.05, 0.1) is 24.3 Å². The van der Waals surface area contributed by atoms with E-state index in [4.69, 9.17) is 11.6 Å². The predicted octanol–water partition coefficient (Wildman–Crippen LogP) is 3.06. The van der Waals surface area contributed by atoms with Gasteiger partial charge in [0.25, 0.3) is 5.60 Å². The summed E-state index contributed by atoms with van der Waals surface area (Å²) in [4.78, 5) is 24.0. The number of rotatable bonds is 4. The highest BCUT2D eigenvalue weighted by molar-refractivity contribution is 6.30. The quantitative estimate of drug-likeness (QED) is 0.802. The van der Waals surface area contributed by atoms with Crippen LogP contribution in [0.25, 0.3) is 0 Å². The first-order valence-electron chi connectivity index (χ1n) is 8.15. The average molecular weight is 417 g/mol. The predicted molar refractivity (Wildman–Crippen MR) is 93.9 cm³/mol. The second-order valence-corrected chi connectivity index (χ2v) is 6.82. The zero-order chi connectivity index (χ0) is 20.7. The molecule has 3 rings (SSSR count). The van der Waals surface area contributed by atoms with Crippen LogP contribution in [0.2, 0.25) is 5.02 Å². The first-order chi connectivity index (χ1) is 13.0. The molecule has 1 aromatic carbocycles. The molecule has 2 aromatic rings. The number of amides is 2. The molecule has 2 heterocycles. The standard InChI is InChI=1S/C17H16ClF3N4O3/c1-9-5-11(24-25(9)2)7-14(26)22-8-16(17(19,20)21)12-6-10(18)3-4-13(12)23-15(27)28-16/h3-6H,7-8H2,1-2H3,(H,22,26)(H,23,27). The van der Waals surface area contributed by atoms with Crippen molar-refractivity contribution in [1.29, 1.82) is 0 Å². The highest BCUT2D eigenvalue weighted by Gasteiger charge is 2.62. The van der Waals surface area contributed by atoms with Crippen molar-refractivity contribution in [3.05, 3.63) is 46.2 Å². The van der Waals surface area contributed by atoms with Crippen LogP contribution >= 0.6 is 11.6 Å². The van der Waals surface area contributed by atoms with Gasteiger partial charge >= 0.3 is 12.3 Å². The van der Waals surface area contributed by atoms with Gasteiger partial charge in [-0.2, -0.15) is 18.3 Å². The Kier molecular flexibility index (Phi) is 5.00. The average Bonchev–Trinajstić information content (AvgIpc) is 2.89. The molecule has 1 aliphatic heterocycles. The minimum atomic E-state index is -5.00. The van der Waals surface area contributed by atoms with E-state index in [1.54, 1.807) is 24.7 Å². The van der Waals surface area contributed by atoms with Crippen molar-refractivity contribution in [1.82, 2.24) is 15.1 Å². The van der Waals surface area contributed by atoms with E-state index in [-0.39, 0.29) is 22.7 Å². The summed E-state index contributed by atoms with van der Waals surface area (Å²) in [5, 5.41) is 8.53. The van der Waals surface area contributed by atoms with Crippen LogP contribution in [0.4, 0.5) is 23.7 Å². The summed E-state index contributed by atoms with van der Waals surface area (Å²) in [6.45, 7) is 0.782. The van der Waals surface area contributed by atoms with Crippen molar-refractivity contribution in [2.75, 3.05) is 11.9 Å². The minimum Gasteiger partial charge on any atom is -0.426 e. The third-order valence-corrected chi connectivity index (χ3v) is 4.65. The Balaban J connectivity index is 1.88. The van der Waals surface area contributed by atoms with E-state index in [1.165, 1.54) is 12.1 Å². The van der Waals surface area contributed by atoms with Gasteiger partial charge in [-0.15, -0.1) is 0 Å². The SMILES string of the molecule is Cc1cc(CC(=O)NCC2(C(F)(F)F)OC(=O)Nc3ccc(Cl)cc32)nn1C. The molecule has 0 spiro atoms. The van der Waals surface area contributed by atoms with Crippen molar-refractivity contribution in [2.45, 2.75) is 25.1 Å². The summed E-state index contributed by atoms with van der Waals surface area (Å²) in [5.41, 5.74) is -2.34. The van der Waals surface area contributed by atoms with E-state index in [2.05, 4.69) is 20.5 Å². The number of fused-ring (bicyclic) bond motifs is 1. The van der Waals surface area contributed by atoms with Crippen LogP contribution in [0.1, 0.15) is 17.0 Å². The molecular formula is C17H16ClF3N4O3. The molecule has 1 atom stereocenters. The molecular weight excluding hydrogens is 401 g/mol. The Morgan fingerprint density at radius 1 is 1.39 bits per heavy atom. The number of hydrogen-bond donors (Lipinski definition) is 2. The molecule has 1 aromatic heterocycles. The summed E-state index contributed by atoms with van der Waals surface area (Å²) in [6, 6.07) is 5.29. The Hall–Kier alpha value is -2.75. The molecule has 1 unspecified atom stereocenters. The number of hydrogen-bond acceptors (Lipinski definition) is 4. The first-order valence-corrected chi connectivity index (χ1v) is 8.52. The van der Waals surface area contributed by atoms with Crippen LogP contribution in [0.15, 0.2) is 24.3 Å². The fourth-order valence-corrected chi connectivity index (χ4v) is 3.09. The molecule has 0 saturated heterocycles. The molecule has 2 amide bonds. The third-order valence-electron chi connectivity index (χ3n) is 4.42. The number of aromatic nitrogens is 2. The van der Waals surface area contributed by atoms with E-state index in [0.29, 0.717) is 5.69 Å². The second-order valence-electron chi connectivity index (χ2n) is 6.38. The molecule has 7 nitrogen and oxygen atoms in total. The number of alkyl halides is 3. The Labute approximate surface area is 162 Å². The maximum absolute atomic E-state index is 14.0. The highest BCUT2D eigenvalue weighted by atomic mass is 35.5. The van der Waals surface area contributed by atoms with Crippen LogP contribution in [0.3, 0.4) is 0 Å². The number of benzene rings is 1. The van der Waals surface area contributed by atoms with Gasteiger partial charge in [-0.1, -0.05) is 11.6 Å². The van der Waals surface area contributed by atoms with Gasteiger partial charge in [0.15, 0.2) is 0 Å². The third kappa shape index (κ3) is 3.64. The van der Waals surface area contributed by atoms with Crippen LogP contribution < -0.4 is 10.6 Å². The molecule has 0 aliphatic carbocycles. The molecule has 0 bridgehead atoms. The number of ether oxygens (including phenoxy) is 1. The molecule has 150 valence electrons. The summed E-state index contributed by atoms with van der Waals surface area (Å²) in [5.74, 6) is -0.695. The normalized spacial score (nSPS) is 18.9. The highest BCUT2D eigenvalue weighted by Crippen LogP contribution is 2.47. The Morgan fingerprint density at radius 2 is 2.11 bits per heavy atom. The lowest BCUT2D eigenvalue weighted by Crippen LogP contribution is -2.56. The molecule has 0 radical (unpaired) electrons. The van der Waals surface area contributed by atoms with E-state index in [1.807, 2.05) is 0 Å². The lowest BCUT2D eigenvalue weighted by molar-refractivity contribution is -0.262. The molecule has 2 N–H and O–H groups in total. The molecule has 11 heteroatoms. The molecule has 1 aliphatic rings. The maximum Gasteiger partial charge on any atom is 0.434 e. The van der Waals surface area contributed by atoms with Gasteiger partial charge in [0, 0.05) is 23.3 Å². The van der Waals surface area contributed by atoms with E-state index >= 15 is 0 Å². The smallest absolute Gasteiger partial charge is 0.426 e. The number of carbonyl (C=O) groups excluding carboxylic acids is 2. The second kappa shape index (κ2) is 7.01. The van der Waals surface area contributed by atoms with Crippen molar-refractivity contribution in [3.8, 4) is 0 Å². The van der Waals surface area contributed by atoms with Crippen molar-refractivity contribution >= 4 is 29.3 Å². The van der Waals surface area contributed by atoms with Gasteiger partial charge < -0.3 is 10.1 Å². The van der Waals surface area contributed by atoms with Gasteiger partial charge in [0.1, 0.15) is 0 Å². The maximum atomic E-state index is 14.0. The molecule has 0 fully saturated rings. The van der Waals surface area contributed by atoms with Crippen LogP contribution in [0, 0.1) is 6.92 Å². The van der Waals surface area contributed by atoms with Crippen molar-refractivity contribution in [3.63, 3.8) is 0 Å². The number of anilines is 1. The number of halogens is 4.